The fraction of sp³-hybridized carbons (Fsp3) is 0.385. The topological polar surface area (TPSA) is 49.4 Å². The highest BCUT2D eigenvalue weighted by Gasteiger charge is 2.41. The molecule has 2 amide bonds. The SMILES string of the molecule is CC1(C)C(=O)NCC(=O)N1Cc1ccc(Br)cc1F. The Morgan fingerprint density at radius 2 is 2.11 bits per heavy atom. The van der Waals surface area contributed by atoms with Crippen LogP contribution in [0.25, 0.3) is 0 Å². The Morgan fingerprint density at radius 1 is 1.42 bits per heavy atom. The highest BCUT2D eigenvalue weighted by molar-refractivity contribution is 9.10. The minimum Gasteiger partial charge on any atom is -0.345 e. The second-order valence-corrected chi connectivity index (χ2v) is 5.87. The molecule has 1 fully saturated rings. The van der Waals surface area contributed by atoms with E-state index in [9.17, 15) is 14.0 Å². The number of amides is 2. The molecule has 0 aromatic heterocycles. The number of nitrogens with zero attached hydrogens (tertiary/aromatic N) is 1. The summed E-state index contributed by atoms with van der Waals surface area (Å²) >= 11 is 3.18. The van der Waals surface area contributed by atoms with Crippen molar-refractivity contribution >= 4 is 27.7 Å². The Morgan fingerprint density at radius 3 is 2.74 bits per heavy atom. The molecule has 4 nitrogen and oxygen atoms in total. The summed E-state index contributed by atoms with van der Waals surface area (Å²) in [4.78, 5) is 25.1. The van der Waals surface area contributed by atoms with Crippen LogP contribution in [0.4, 0.5) is 4.39 Å². The van der Waals surface area contributed by atoms with Crippen molar-refractivity contribution in [1.82, 2.24) is 10.2 Å². The van der Waals surface area contributed by atoms with E-state index >= 15 is 0 Å². The van der Waals surface area contributed by atoms with Gasteiger partial charge in [-0.2, -0.15) is 0 Å². The molecule has 2 rings (SSSR count). The van der Waals surface area contributed by atoms with Crippen LogP contribution in [-0.2, 0) is 16.1 Å². The van der Waals surface area contributed by atoms with Crippen molar-refractivity contribution in [3.8, 4) is 0 Å². The largest absolute Gasteiger partial charge is 0.345 e. The van der Waals surface area contributed by atoms with Gasteiger partial charge in [-0.25, -0.2) is 4.39 Å². The van der Waals surface area contributed by atoms with Gasteiger partial charge in [0.25, 0.3) is 0 Å². The molecule has 1 aromatic carbocycles. The van der Waals surface area contributed by atoms with Crippen LogP contribution < -0.4 is 5.32 Å². The predicted molar refractivity (Wildman–Crippen MR) is 71.7 cm³/mol. The number of rotatable bonds is 2. The predicted octanol–water partition coefficient (Wildman–Crippen LogP) is 1.83. The van der Waals surface area contributed by atoms with E-state index in [-0.39, 0.29) is 24.9 Å². The van der Waals surface area contributed by atoms with Crippen LogP contribution in [0, 0.1) is 5.82 Å². The van der Waals surface area contributed by atoms with Crippen LogP contribution in [0.2, 0.25) is 0 Å². The highest BCUT2D eigenvalue weighted by atomic mass is 79.9. The van der Waals surface area contributed by atoms with Gasteiger partial charge in [0.05, 0.1) is 6.54 Å². The van der Waals surface area contributed by atoms with Crippen LogP contribution in [0.15, 0.2) is 22.7 Å². The van der Waals surface area contributed by atoms with Crippen molar-refractivity contribution in [1.29, 1.82) is 0 Å². The maximum absolute atomic E-state index is 13.8. The van der Waals surface area contributed by atoms with Gasteiger partial charge in [-0.1, -0.05) is 22.0 Å². The van der Waals surface area contributed by atoms with Crippen molar-refractivity contribution in [2.75, 3.05) is 6.54 Å². The van der Waals surface area contributed by atoms with Crippen LogP contribution >= 0.6 is 15.9 Å². The van der Waals surface area contributed by atoms with Crippen LogP contribution in [0.3, 0.4) is 0 Å². The number of hydrogen-bond acceptors (Lipinski definition) is 2. The average molecular weight is 329 g/mol. The zero-order chi connectivity index (χ0) is 14.2. The summed E-state index contributed by atoms with van der Waals surface area (Å²) in [6.07, 6.45) is 0. The first kappa shape index (κ1) is 14.0. The fourth-order valence-electron chi connectivity index (χ4n) is 2.01. The quantitative estimate of drug-likeness (QED) is 0.900. The number of halogens is 2. The van der Waals surface area contributed by atoms with E-state index in [0.717, 1.165) is 0 Å². The number of nitrogens with one attached hydrogen (secondary N) is 1. The number of hydrogen-bond donors (Lipinski definition) is 1. The Bertz CT molecular complexity index is 545. The third-order valence-electron chi connectivity index (χ3n) is 3.28. The van der Waals surface area contributed by atoms with E-state index in [1.54, 1.807) is 26.0 Å². The summed E-state index contributed by atoms with van der Waals surface area (Å²) < 4.78 is 14.4. The van der Waals surface area contributed by atoms with E-state index in [2.05, 4.69) is 21.2 Å². The molecule has 19 heavy (non-hydrogen) atoms. The molecular formula is C13H14BrFN2O2. The lowest BCUT2D eigenvalue weighted by Gasteiger charge is -2.41. The van der Waals surface area contributed by atoms with Crippen molar-refractivity contribution < 1.29 is 14.0 Å². The summed E-state index contributed by atoms with van der Waals surface area (Å²) in [5.41, 5.74) is -0.589. The summed E-state index contributed by atoms with van der Waals surface area (Å²) in [6, 6.07) is 4.66. The first-order chi connectivity index (χ1) is 8.82. The van der Waals surface area contributed by atoms with Gasteiger partial charge in [-0.3, -0.25) is 9.59 Å². The number of benzene rings is 1. The highest BCUT2D eigenvalue weighted by Crippen LogP contribution is 2.23. The van der Waals surface area contributed by atoms with Crippen molar-refractivity contribution in [2.45, 2.75) is 25.9 Å². The van der Waals surface area contributed by atoms with Gasteiger partial charge in [0.2, 0.25) is 11.8 Å². The monoisotopic (exact) mass is 328 g/mol. The van der Waals surface area contributed by atoms with E-state index in [1.165, 1.54) is 11.0 Å². The first-order valence-electron chi connectivity index (χ1n) is 5.85. The second-order valence-electron chi connectivity index (χ2n) is 4.96. The maximum Gasteiger partial charge on any atom is 0.245 e. The summed E-state index contributed by atoms with van der Waals surface area (Å²) in [5, 5.41) is 2.53. The summed E-state index contributed by atoms with van der Waals surface area (Å²) in [6.45, 7) is 3.34. The molecule has 1 heterocycles. The fourth-order valence-corrected chi connectivity index (χ4v) is 2.34. The molecule has 0 spiro atoms. The molecule has 0 atom stereocenters. The van der Waals surface area contributed by atoms with Crippen LogP contribution in [0.1, 0.15) is 19.4 Å². The first-order valence-corrected chi connectivity index (χ1v) is 6.64. The molecule has 0 unspecified atom stereocenters. The van der Waals surface area contributed by atoms with Gasteiger partial charge in [-0.15, -0.1) is 0 Å². The normalized spacial score (nSPS) is 18.4. The van der Waals surface area contributed by atoms with Gasteiger partial charge >= 0.3 is 0 Å². The zero-order valence-corrected chi connectivity index (χ0v) is 12.3. The lowest BCUT2D eigenvalue weighted by Crippen LogP contribution is -2.63. The van der Waals surface area contributed by atoms with Crippen LogP contribution in [-0.4, -0.2) is 28.8 Å². The molecule has 1 aromatic rings. The van der Waals surface area contributed by atoms with Gasteiger partial charge in [0.15, 0.2) is 0 Å². The van der Waals surface area contributed by atoms with E-state index in [4.69, 9.17) is 0 Å². The summed E-state index contributed by atoms with van der Waals surface area (Å²) in [7, 11) is 0. The molecule has 6 heteroatoms. The lowest BCUT2D eigenvalue weighted by atomic mass is 9.97. The Kier molecular flexibility index (Phi) is 3.62. The standard InChI is InChI=1S/C13H14BrFN2O2/c1-13(2)12(19)16-6-11(18)17(13)7-8-3-4-9(14)5-10(8)15/h3-5H,6-7H2,1-2H3,(H,16,19). The van der Waals surface area contributed by atoms with Crippen molar-refractivity contribution in [2.24, 2.45) is 0 Å². The molecule has 0 aliphatic carbocycles. The Hall–Kier alpha value is -1.43. The van der Waals surface area contributed by atoms with Gasteiger partial charge in [0, 0.05) is 16.6 Å². The van der Waals surface area contributed by atoms with Gasteiger partial charge < -0.3 is 10.2 Å². The zero-order valence-electron chi connectivity index (χ0n) is 10.7. The van der Waals surface area contributed by atoms with Crippen molar-refractivity contribution in [3.63, 3.8) is 0 Å². The molecule has 1 aliphatic heterocycles. The number of piperazine rings is 1. The van der Waals surface area contributed by atoms with Crippen LogP contribution in [0.5, 0.6) is 0 Å². The molecule has 0 bridgehead atoms. The molecular weight excluding hydrogens is 315 g/mol. The number of carbonyl (C=O) groups is 2. The molecule has 1 saturated heterocycles. The second kappa shape index (κ2) is 4.92. The molecule has 102 valence electrons. The average Bonchev–Trinajstić information content (AvgIpc) is 2.32. The molecule has 1 aliphatic rings. The minimum atomic E-state index is -0.977. The Labute approximate surface area is 119 Å². The molecule has 0 radical (unpaired) electrons. The lowest BCUT2D eigenvalue weighted by molar-refractivity contribution is -0.152. The van der Waals surface area contributed by atoms with Gasteiger partial charge in [0.1, 0.15) is 11.4 Å². The Balaban J connectivity index is 2.29. The van der Waals surface area contributed by atoms with Crippen molar-refractivity contribution in [3.05, 3.63) is 34.1 Å². The van der Waals surface area contributed by atoms with E-state index < -0.39 is 11.4 Å². The maximum atomic E-state index is 13.8. The third kappa shape index (κ3) is 2.63. The number of carbonyl (C=O) groups excluding carboxylic acids is 2. The smallest absolute Gasteiger partial charge is 0.245 e. The van der Waals surface area contributed by atoms with Gasteiger partial charge in [-0.05, 0) is 26.0 Å². The van der Waals surface area contributed by atoms with E-state index in [0.29, 0.717) is 10.0 Å². The molecule has 1 N–H and O–H groups in total. The minimum absolute atomic E-state index is 0.0413. The molecule has 0 saturated carbocycles. The van der Waals surface area contributed by atoms with E-state index in [1.807, 2.05) is 0 Å². The third-order valence-corrected chi connectivity index (χ3v) is 3.77. The summed E-state index contributed by atoms with van der Waals surface area (Å²) in [5.74, 6) is -0.847.